The van der Waals surface area contributed by atoms with Gasteiger partial charge in [-0.25, -0.2) is 4.39 Å². The highest BCUT2D eigenvalue weighted by Crippen LogP contribution is 2.20. The first-order chi connectivity index (χ1) is 7.07. The first-order valence-corrected chi connectivity index (χ1v) is 5.51. The van der Waals surface area contributed by atoms with Gasteiger partial charge in [-0.1, -0.05) is 12.1 Å². The zero-order chi connectivity index (χ0) is 10.9. The number of benzene rings is 1. The molecule has 2 rings (SSSR count). The van der Waals surface area contributed by atoms with Crippen molar-refractivity contribution in [2.75, 3.05) is 0 Å². The Morgan fingerprint density at radius 3 is 2.60 bits per heavy atom. The van der Waals surface area contributed by atoms with Gasteiger partial charge in [-0.05, 0) is 12.1 Å². The molecule has 0 amide bonds. The predicted molar refractivity (Wildman–Crippen MR) is 52.5 cm³/mol. The standard InChI is InChI=1S/C9H6FNO3S/c10-8-3-1-2-4-9(8)14-7-5-11-15(12,13)6-7/h1-6H. The fourth-order valence-electron chi connectivity index (χ4n) is 1.04. The molecule has 1 aromatic carbocycles. The maximum atomic E-state index is 13.1. The van der Waals surface area contributed by atoms with Gasteiger partial charge in [0.1, 0.15) is 0 Å². The molecule has 0 fully saturated rings. The average Bonchev–Trinajstić information content (AvgIpc) is 2.50. The maximum absolute atomic E-state index is 13.1. The van der Waals surface area contributed by atoms with Gasteiger partial charge in [-0.15, -0.1) is 0 Å². The number of hydrogen-bond donors (Lipinski definition) is 0. The molecule has 0 atom stereocenters. The van der Waals surface area contributed by atoms with Gasteiger partial charge in [0, 0.05) is 0 Å². The molecule has 1 aliphatic heterocycles. The molecule has 0 spiro atoms. The monoisotopic (exact) mass is 227 g/mol. The highest BCUT2D eigenvalue weighted by atomic mass is 32.2. The average molecular weight is 227 g/mol. The normalized spacial score (nSPS) is 17.5. The smallest absolute Gasteiger partial charge is 0.279 e. The van der Waals surface area contributed by atoms with Crippen molar-refractivity contribution < 1.29 is 17.5 Å². The van der Waals surface area contributed by atoms with E-state index in [4.69, 9.17) is 4.74 Å². The lowest BCUT2D eigenvalue weighted by atomic mass is 10.3. The summed E-state index contributed by atoms with van der Waals surface area (Å²) in [5.41, 5.74) is 0. The summed E-state index contributed by atoms with van der Waals surface area (Å²) >= 11 is 0. The first kappa shape index (κ1) is 9.85. The Balaban J connectivity index is 2.26. The van der Waals surface area contributed by atoms with Gasteiger partial charge in [0.2, 0.25) is 0 Å². The summed E-state index contributed by atoms with van der Waals surface area (Å²) in [6.07, 6.45) is 1.03. The number of para-hydroxylation sites is 1. The molecule has 1 aromatic rings. The van der Waals surface area contributed by atoms with Gasteiger partial charge in [0.05, 0.1) is 11.6 Å². The van der Waals surface area contributed by atoms with Crippen molar-refractivity contribution in [2.24, 2.45) is 4.40 Å². The van der Waals surface area contributed by atoms with E-state index < -0.39 is 15.8 Å². The quantitative estimate of drug-likeness (QED) is 0.768. The Morgan fingerprint density at radius 2 is 2.00 bits per heavy atom. The summed E-state index contributed by atoms with van der Waals surface area (Å²) in [5, 5.41) is 0.833. The third-order valence-corrected chi connectivity index (χ3v) is 2.59. The highest BCUT2D eigenvalue weighted by molar-refractivity contribution is 7.93. The van der Waals surface area contributed by atoms with Gasteiger partial charge in [0.15, 0.2) is 17.3 Å². The molecule has 78 valence electrons. The number of nitrogens with zero attached hydrogens (tertiary/aromatic N) is 1. The SMILES string of the molecule is O=S1(=O)C=C(Oc2ccccc2F)C=N1. The van der Waals surface area contributed by atoms with Crippen LogP contribution in [0.25, 0.3) is 0 Å². The van der Waals surface area contributed by atoms with E-state index in [9.17, 15) is 12.8 Å². The lowest BCUT2D eigenvalue weighted by Crippen LogP contribution is -1.96. The molecular weight excluding hydrogens is 221 g/mol. The number of sulfonamides is 1. The summed E-state index contributed by atoms with van der Waals surface area (Å²) in [4.78, 5) is 0. The second-order valence-corrected chi connectivity index (χ2v) is 4.28. The molecule has 0 saturated heterocycles. The molecular formula is C9H6FNO3S. The van der Waals surface area contributed by atoms with Crippen LogP contribution in [-0.2, 0) is 10.0 Å². The van der Waals surface area contributed by atoms with Crippen LogP contribution < -0.4 is 4.74 Å². The Morgan fingerprint density at radius 1 is 1.27 bits per heavy atom. The van der Waals surface area contributed by atoms with E-state index in [0.29, 0.717) is 0 Å². The van der Waals surface area contributed by atoms with Gasteiger partial charge in [-0.2, -0.15) is 12.8 Å². The zero-order valence-electron chi connectivity index (χ0n) is 7.42. The van der Waals surface area contributed by atoms with Crippen LogP contribution in [0.5, 0.6) is 5.75 Å². The molecule has 15 heavy (non-hydrogen) atoms. The van der Waals surface area contributed by atoms with Crippen molar-refractivity contribution >= 4 is 16.2 Å². The third-order valence-electron chi connectivity index (χ3n) is 1.66. The van der Waals surface area contributed by atoms with Crippen molar-refractivity contribution in [3.8, 4) is 5.75 Å². The van der Waals surface area contributed by atoms with E-state index >= 15 is 0 Å². The van der Waals surface area contributed by atoms with Crippen LogP contribution in [0.4, 0.5) is 4.39 Å². The van der Waals surface area contributed by atoms with Crippen LogP contribution >= 0.6 is 0 Å². The molecule has 0 N–H and O–H groups in total. The summed E-state index contributed by atoms with van der Waals surface area (Å²) < 4.78 is 43.0. The van der Waals surface area contributed by atoms with E-state index in [1.54, 1.807) is 6.07 Å². The fraction of sp³-hybridized carbons (Fsp3) is 0. The second kappa shape index (κ2) is 3.47. The third kappa shape index (κ3) is 2.21. The van der Waals surface area contributed by atoms with Gasteiger partial charge in [0.25, 0.3) is 10.0 Å². The summed E-state index contributed by atoms with van der Waals surface area (Å²) in [6.45, 7) is 0. The lowest BCUT2D eigenvalue weighted by molar-refractivity contribution is 0.423. The number of rotatable bonds is 2. The van der Waals surface area contributed by atoms with E-state index in [2.05, 4.69) is 4.40 Å². The van der Waals surface area contributed by atoms with Gasteiger partial charge in [-0.3, -0.25) is 0 Å². The molecule has 1 aliphatic rings. The molecule has 0 aromatic heterocycles. The number of halogens is 1. The largest absolute Gasteiger partial charge is 0.452 e. The van der Waals surface area contributed by atoms with E-state index in [1.165, 1.54) is 18.2 Å². The lowest BCUT2D eigenvalue weighted by Gasteiger charge is -2.03. The van der Waals surface area contributed by atoms with Crippen molar-refractivity contribution in [2.45, 2.75) is 0 Å². The minimum atomic E-state index is -3.57. The van der Waals surface area contributed by atoms with Crippen molar-refractivity contribution in [3.63, 3.8) is 0 Å². The fourth-order valence-corrected chi connectivity index (χ4v) is 1.75. The van der Waals surface area contributed by atoms with Crippen LogP contribution in [-0.4, -0.2) is 14.6 Å². The molecule has 4 nitrogen and oxygen atoms in total. The molecule has 0 saturated carbocycles. The van der Waals surface area contributed by atoms with E-state index in [-0.39, 0.29) is 11.5 Å². The second-order valence-electron chi connectivity index (χ2n) is 2.80. The summed E-state index contributed by atoms with van der Waals surface area (Å²) in [7, 11) is -3.57. The van der Waals surface area contributed by atoms with Gasteiger partial charge >= 0.3 is 0 Å². The minimum Gasteiger partial charge on any atom is -0.452 e. The minimum absolute atomic E-state index is 0.0000926. The number of ether oxygens (including phenoxy) is 1. The Bertz CT molecular complexity index is 548. The Hall–Kier alpha value is -1.69. The Labute approximate surface area is 85.8 Å². The van der Waals surface area contributed by atoms with Crippen LogP contribution in [0.15, 0.2) is 39.8 Å². The maximum Gasteiger partial charge on any atom is 0.279 e. The molecule has 0 bridgehead atoms. The predicted octanol–water partition coefficient (Wildman–Crippen LogP) is 1.46. The van der Waals surface area contributed by atoms with Crippen molar-refractivity contribution in [3.05, 3.63) is 41.2 Å². The van der Waals surface area contributed by atoms with E-state index in [0.717, 1.165) is 11.6 Å². The van der Waals surface area contributed by atoms with Crippen LogP contribution in [0.3, 0.4) is 0 Å². The molecule has 0 unspecified atom stereocenters. The van der Waals surface area contributed by atoms with Crippen molar-refractivity contribution in [1.29, 1.82) is 0 Å². The topological polar surface area (TPSA) is 55.7 Å². The van der Waals surface area contributed by atoms with Crippen molar-refractivity contribution in [1.82, 2.24) is 0 Å². The van der Waals surface area contributed by atoms with Crippen LogP contribution in [0, 0.1) is 5.82 Å². The summed E-state index contributed by atoms with van der Waals surface area (Å²) in [6, 6.07) is 5.71. The Kier molecular flexibility index (Phi) is 2.28. The van der Waals surface area contributed by atoms with E-state index in [1.807, 2.05) is 0 Å². The first-order valence-electron chi connectivity index (χ1n) is 4.01. The number of allylic oxidation sites excluding steroid dienone is 1. The highest BCUT2D eigenvalue weighted by Gasteiger charge is 2.15. The molecule has 0 radical (unpaired) electrons. The number of hydrogen-bond acceptors (Lipinski definition) is 3. The molecule has 6 heteroatoms. The molecule has 1 heterocycles. The van der Waals surface area contributed by atoms with Crippen LogP contribution in [0.1, 0.15) is 0 Å². The summed E-state index contributed by atoms with van der Waals surface area (Å²) in [5.74, 6) is -0.594. The molecule has 0 aliphatic carbocycles. The van der Waals surface area contributed by atoms with Crippen LogP contribution in [0.2, 0.25) is 0 Å². The zero-order valence-corrected chi connectivity index (χ0v) is 8.24. The van der Waals surface area contributed by atoms with Gasteiger partial charge < -0.3 is 4.74 Å².